The molecule has 0 unspecified atom stereocenters. The van der Waals surface area contributed by atoms with Crippen LogP contribution in [-0.4, -0.2) is 22.4 Å². The van der Waals surface area contributed by atoms with Crippen molar-refractivity contribution in [2.24, 2.45) is 0 Å². The van der Waals surface area contributed by atoms with Crippen molar-refractivity contribution in [3.63, 3.8) is 0 Å². The highest BCUT2D eigenvalue weighted by atomic mass is 35.5. The van der Waals surface area contributed by atoms with Crippen LogP contribution in [-0.2, 0) is 16.1 Å². The number of aromatic nitrogens is 2. The molecule has 1 aromatic rings. The van der Waals surface area contributed by atoms with Gasteiger partial charge in [0.05, 0.1) is 12.3 Å². The Morgan fingerprint density at radius 2 is 2.19 bits per heavy atom. The monoisotopic (exact) mass is 244 g/mol. The lowest BCUT2D eigenvalue weighted by atomic mass is 10.1. The van der Waals surface area contributed by atoms with Crippen molar-refractivity contribution in [2.45, 2.75) is 40.2 Å². The molecular formula is C11H17ClN2O2. The first kappa shape index (κ1) is 13.0. The molecule has 0 aliphatic heterocycles. The van der Waals surface area contributed by atoms with E-state index in [1.54, 1.807) is 6.92 Å². The third-order valence-electron chi connectivity index (χ3n) is 2.27. The standard InChI is InChI=1S/C11H17ClN2O2/c1-5-16-9(15)6-14-11(12)10(7(2)3)8(4)13-14/h7H,5-6H2,1-4H3. The summed E-state index contributed by atoms with van der Waals surface area (Å²) in [4.78, 5) is 11.3. The first-order valence-corrected chi connectivity index (χ1v) is 5.73. The van der Waals surface area contributed by atoms with Gasteiger partial charge < -0.3 is 4.74 Å². The maximum Gasteiger partial charge on any atom is 0.327 e. The molecule has 0 spiro atoms. The second kappa shape index (κ2) is 5.34. The summed E-state index contributed by atoms with van der Waals surface area (Å²) in [5.41, 5.74) is 1.86. The lowest BCUT2D eigenvalue weighted by Crippen LogP contribution is -2.14. The fourth-order valence-corrected chi connectivity index (χ4v) is 2.11. The van der Waals surface area contributed by atoms with Gasteiger partial charge in [0, 0.05) is 5.56 Å². The second-order valence-electron chi connectivity index (χ2n) is 3.91. The molecule has 0 aromatic carbocycles. The molecule has 0 saturated heterocycles. The number of rotatable bonds is 4. The van der Waals surface area contributed by atoms with E-state index in [0.29, 0.717) is 17.7 Å². The average molecular weight is 245 g/mol. The van der Waals surface area contributed by atoms with E-state index in [4.69, 9.17) is 16.3 Å². The van der Waals surface area contributed by atoms with Crippen molar-refractivity contribution < 1.29 is 9.53 Å². The van der Waals surface area contributed by atoms with Gasteiger partial charge in [0.1, 0.15) is 11.7 Å². The van der Waals surface area contributed by atoms with Crippen molar-refractivity contribution in [3.8, 4) is 0 Å². The molecule has 5 heteroatoms. The maximum atomic E-state index is 11.3. The first-order chi connectivity index (χ1) is 7.47. The number of esters is 1. The molecule has 0 saturated carbocycles. The van der Waals surface area contributed by atoms with Gasteiger partial charge in [-0.05, 0) is 19.8 Å². The molecule has 4 nitrogen and oxygen atoms in total. The molecule has 90 valence electrons. The van der Waals surface area contributed by atoms with Gasteiger partial charge in [-0.3, -0.25) is 4.79 Å². The molecule has 0 fully saturated rings. The lowest BCUT2D eigenvalue weighted by Gasteiger charge is -2.05. The molecule has 0 atom stereocenters. The van der Waals surface area contributed by atoms with Crippen LogP contribution in [0.25, 0.3) is 0 Å². The molecule has 1 rings (SSSR count). The van der Waals surface area contributed by atoms with Crippen LogP contribution in [0.4, 0.5) is 0 Å². The molecule has 0 N–H and O–H groups in total. The summed E-state index contributed by atoms with van der Waals surface area (Å²) < 4.78 is 6.34. The summed E-state index contributed by atoms with van der Waals surface area (Å²) in [6.45, 7) is 8.19. The summed E-state index contributed by atoms with van der Waals surface area (Å²) in [5, 5.41) is 4.77. The Balaban J connectivity index is 2.90. The molecular weight excluding hydrogens is 228 g/mol. The maximum absolute atomic E-state index is 11.3. The van der Waals surface area contributed by atoms with E-state index in [1.807, 2.05) is 20.8 Å². The Morgan fingerprint density at radius 1 is 1.56 bits per heavy atom. The number of halogens is 1. The van der Waals surface area contributed by atoms with Gasteiger partial charge >= 0.3 is 5.97 Å². The van der Waals surface area contributed by atoms with Crippen molar-refractivity contribution in [1.82, 2.24) is 9.78 Å². The third kappa shape index (κ3) is 2.76. The molecule has 0 aliphatic rings. The fraction of sp³-hybridized carbons (Fsp3) is 0.636. The zero-order valence-corrected chi connectivity index (χ0v) is 10.8. The smallest absolute Gasteiger partial charge is 0.327 e. The van der Waals surface area contributed by atoms with Crippen LogP contribution in [0.15, 0.2) is 0 Å². The summed E-state index contributed by atoms with van der Waals surface area (Å²) in [7, 11) is 0. The lowest BCUT2D eigenvalue weighted by molar-refractivity contribution is -0.144. The minimum absolute atomic E-state index is 0.0697. The predicted octanol–water partition coefficient (Wildman–Crippen LogP) is 2.53. The SMILES string of the molecule is CCOC(=O)Cn1nc(C)c(C(C)C)c1Cl. The highest BCUT2D eigenvalue weighted by Crippen LogP contribution is 2.27. The largest absolute Gasteiger partial charge is 0.465 e. The number of hydrogen-bond donors (Lipinski definition) is 0. The highest BCUT2D eigenvalue weighted by Gasteiger charge is 2.17. The average Bonchev–Trinajstić information content (AvgIpc) is 2.42. The predicted molar refractivity (Wildman–Crippen MR) is 62.7 cm³/mol. The van der Waals surface area contributed by atoms with Crippen LogP contribution in [0.1, 0.15) is 37.9 Å². The molecule has 1 aromatic heterocycles. The van der Waals surface area contributed by atoms with E-state index < -0.39 is 0 Å². The van der Waals surface area contributed by atoms with Gasteiger partial charge in [-0.15, -0.1) is 0 Å². The van der Waals surface area contributed by atoms with E-state index in [9.17, 15) is 4.79 Å². The minimum Gasteiger partial charge on any atom is -0.465 e. The van der Waals surface area contributed by atoms with Crippen molar-refractivity contribution in [3.05, 3.63) is 16.4 Å². The number of carbonyl (C=O) groups excluding carboxylic acids is 1. The van der Waals surface area contributed by atoms with Crippen LogP contribution in [0.2, 0.25) is 5.15 Å². The quantitative estimate of drug-likeness (QED) is 0.765. The molecule has 0 aliphatic carbocycles. The zero-order valence-electron chi connectivity index (χ0n) is 10.1. The molecule has 16 heavy (non-hydrogen) atoms. The van der Waals surface area contributed by atoms with Gasteiger partial charge in [0.15, 0.2) is 0 Å². The van der Waals surface area contributed by atoms with Crippen LogP contribution in [0.5, 0.6) is 0 Å². The second-order valence-corrected chi connectivity index (χ2v) is 4.27. The van der Waals surface area contributed by atoms with Gasteiger partial charge in [0.25, 0.3) is 0 Å². The Hall–Kier alpha value is -1.03. The molecule has 1 heterocycles. The van der Waals surface area contributed by atoms with Crippen molar-refractivity contribution in [1.29, 1.82) is 0 Å². The number of nitrogens with zero attached hydrogens (tertiary/aromatic N) is 2. The Kier molecular flexibility index (Phi) is 4.35. The number of aryl methyl sites for hydroxylation is 1. The fourth-order valence-electron chi connectivity index (χ4n) is 1.66. The van der Waals surface area contributed by atoms with Gasteiger partial charge in [-0.1, -0.05) is 25.4 Å². The highest BCUT2D eigenvalue weighted by molar-refractivity contribution is 6.30. The zero-order chi connectivity index (χ0) is 12.3. The minimum atomic E-state index is -0.317. The molecule has 0 radical (unpaired) electrons. The van der Waals surface area contributed by atoms with E-state index in [1.165, 1.54) is 4.68 Å². The Bertz CT molecular complexity index is 386. The third-order valence-corrected chi connectivity index (χ3v) is 2.67. The summed E-state index contributed by atoms with van der Waals surface area (Å²) >= 11 is 6.16. The summed E-state index contributed by atoms with van der Waals surface area (Å²) in [6.07, 6.45) is 0. The van der Waals surface area contributed by atoms with E-state index in [-0.39, 0.29) is 12.5 Å². The van der Waals surface area contributed by atoms with E-state index in [0.717, 1.165) is 11.3 Å². The Morgan fingerprint density at radius 3 is 2.62 bits per heavy atom. The van der Waals surface area contributed by atoms with Gasteiger partial charge in [-0.2, -0.15) is 5.10 Å². The number of hydrogen-bond acceptors (Lipinski definition) is 3. The van der Waals surface area contributed by atoms with E-state index >= 15 is 0 Å². The molecule has 0 bridgehead atoms. The van der Waals surface area contributed by atoms with E-state index in [2.05, 4.69) is 5.10 Å². The molecule has 0 amide bonds. The van der Waals surface area contributed by atoms with Crippen LogP contribution in [0.3, 0.4) is 0 Å². The number of ether oxygens (including phenoxy) is 1. The summed E-state index contributed by atoms with van der Waals surface area (Å²) in [5.74, 6) is -0.0225. The topological polar surface area (TPSA) is 44.1 Å². The van der Waals surface area contributed by atoms with Gasteiger partial charge in [-0.25, -0.2) is 4.68 Å². The van der Waals surface area contributed by atoms with Crippen molar-refractivity contribution in [2.75, 3.05) is 6.61 Å². The van der Waals surface area contributed by atoms with Crippen LogP contribution in [0, 0.1) is 6.92 Å². The van der Waals surface area contributed by atoms with Crippen LogP contribution < -0.4 is 0 Å². The summed E-state index contributed by atoms with van der Waals surface area (Å²) in [6, 6.07) is 0. The normalized spacial score (nSPS) is 10.9. The first-order valence-electron chi connectivity index (χ1n) is 5.35. The van der Waals surface area contributed by atoms with Gasteiger partial charge in [0.2, 0.25) is 0 Å². The van der Waals surface area contributed by atoms with Crippen LogP contribution >= 0.6 is 11.6 Å². The number of carbonyl (C=O) groups is 1. The Labute approximate surface area is 101 Å². The van der Waals surface area contributed by atoms with Crippen molar-refractivity contribution >= 4 is 17.6 Å².